The van der Waals surface area contributed by atoms with Gasteiger partial charge in [0, 0.05) is 11.4 Å². The number of aliphatic hydroxyl groups is 1. The van der Waals surface area contributed by atoms with Gasteiger partial charge in [-0.15, -0.1) is 11.8 Å². The normalized spacial score (nSPS) is 10.5. The molecular formula is C14H15NO2S. The molecule has 0 fully saturated rings. The van der Waals surface area contributed by atoms with Gasteiger partial charge in [0.1, 0.15) is 0 Å². The molecule has 0 aliphatic carbocycles. The summed E-state index contributed by atoms with van der Waals surface area (Å²) in [7, 11) is 0. The van der Waals surface area contributed by atoms with Crippen LogP contribution in [0.3, 0.4) is 0 Å². The van der Waals surface area contributed by atoms with Gasteiger partial charge < -0.3 is 10.4 Å². The molecule has 0 bridgehead atoms. The van der Waals surface area contributed by atoms with Crippen LogP contribution >= 0.6 is 11.8 Å². The molecular weight excluding hydrogens is 246 g/mol. The summed E-state index contributed by atoms with van der Waals surface area (Å²) >= 11 is 1.50. The van der Waals surface area contributed by atoms with Crippen LogP contribution in [-0.4, -0.2) is 29.9 Å². The highest BCUT2D eigenvalue weighted by Crippen LogP contribution is 2.23. The Hall–Kier alpha value is -1.52. The Balaban J connectivity index is 1.97. The quantitative estimate of drug-likeness (QED) is 0.810. The van der Waals surface area contributed by atoms with E-state index in [0.717, 1.165) is 4.90 Å². The van der Waals surface area contributed by atoms with Crippen LogP contribution in [0.15, 0.2) is 47.4 Å². The number of amides is 1. The summed E-state index contributed by atoms with van der Waals surface area (Å²) in [5.41, 5.74) is 0. The maximum Gasteiger partial charge on any atom is 0.230 e. The Bertz CT molecular complexity index is 542. The van der Waals surface area contributed by atoms with E-state index in [4.69, 9.17) is 5.11 Å². The number of rotatable bonds is 5. The van der Waals surface area contributed by atoms with E-state index >= 15 is 0 Å². The third-order valence-corrected chi connectivity index (χ3v) is 3.52. The summed E-state index contributed by atoms with van der Waals surface area (Å²) in [6.45, 7) is 0.295. The van der Waals surface area contributed by atoms with E-state index in [9.17, 15) is 4.79 Å². The number of carbonyl (C=O) groups excluding carboxylic acids is 1. The molecule has 0 unspecified atom stereocenters. The van der Waals surface area contributed by atoms with Crippen molar-refractivity contribution < 1.29 is 9.90 Å². The number of hydrogen-bond donors (Lipinski definition) is 2. The number of aliphatic hydroxyl groups excluding tert-OH is 1. The van der Waals surface area contributed by atoms with Gasteiger partial charge in [-0.25, -0.2) is 0 Å². The summed E-state index contributed by atoms with van der Waals surface area (Å²) in [5.74, 6) is 0.320. The third kappa shape index (κ3) is 3.48. The average Bonchev–Trinajstić information content (AvgIpc) is 2.42. The standard InChI is InChI=1S/C14H15NO2S/c16-8-7-15-14(17)10-18-13-6-5-11-3-1-2-4-12(11)9-13/h1-6,9,16H,7-8,10H2,(H,15,17). The Labute approximate surface area is 110 Å². The van der Waals surface area contributed by atoms with E-state index in [-0.39, 0.29) is 12.5 Å². The van der Waals surface area contributed by atoms with E-state index in [2.05, 4.69) is 29.6 Å². The lowest BCUT2D eigenvalue weighted by Crippen LogP contribution is -2.27. The van der Waals surface area contributed by atoms with Crippen molar-refractivity contribution in [3.05, 3.63) is 42.5 Å². The topological polar surface area (TPSA) is 49.3 Å². The molecule has 18 heavy (non-hydrogen) atoms. The molecule has 2 aromatic carbocycles. The highest BCUT2D eigenvalue weighted by atomic mass is 32.2. The number of fused-ring (bicyclic) bond motifs is 1. The lowest BCUT2D eigenvalue weighted by Gasteiger charge is -2.04. The molecule has 0 aromatic heterocycles. The molecule has 0 heterocycles. The highest BCUT2D eigenvalue weighted by Gasteiger charge is 2.02. The molecule has 94 valence electrons. The molecule has 2 rings (SSSR count). The zero-order valence-corrected chi connectivity index (χ0v) is 10.7. The number of hydrogen-bond acceptors (Lipinski definition) is 3. The van der Waals surface area contributed by atoms with Gasteiger partial charge in [-0.05, 0) is 22.9 Å². The number of nitrogens with one attached hydrogen (secondary N) is 1. The van der Waals surface area contributed by atoms with Crippen LogP contribution < -0.4 is 5.32 Å². The average molecular weight is 261 g/mol. The maximum absolute atomic E-state index is 11.4. The Morgan fingerprint density at radius 3 is 2.72 bits per heavy atom. The smallest absolute Gasteiger partial charge is 0.230 e. The van der Waals surface area contributed by atoms with Gasteiger partial charge in [-0.1, -0.05) is 30.3 Å². The SMILES string of the molecule is O=C(CSc1ccc2ccccc2c1)NCCO. The Morgan fingerprint density at radius 1 is 1.17 bits per heavy atom. The largest absolute Gasteiger partial charge is 0.395 e. The molecule has 0 aliphatic rings. The zero-order chi connectivity index (χ0) is 12.8. The lowest BCUT2D eigenvalue weighted by atomic mass is 10.1. The predicted octanol–water partition coefficient (Wildman–Crippen LogP) is 2.04. The van der Waals surface area contributed by atoms with E-state index in [1.165, 1.54) is 22.5 Å². The molecule has 0 aliphatic heterocycles. The molecule has 0 radical (unpaired) electrons. The van der Waals surface area contributed by atoms with Crippen molar-refractivity contribution in [1.82, 2.24) is 5.32 Å². The summed E-state index contributed by atoms with van der Waals surface area (Å²) in [6.07, 6.45) is 0. The van der Waals surface area contributed by atoms with Gasteiger partial charge in [-0.2, -0.15) is 0 Å². The van der Waals surface area contributed by atoms with Crippen molar-refractivity contribution in [1.29, 1.82) is 0 Å². The second-order valence-electron chi connectivity index (χ2n) is 3.87. The Kier molecular flexibility index (Phi) is 4.61. The van der Waals surface area contributed by atoms with Gasteiger partial charge in [0.15, 0.2) is 0 Å². The fourth-order valence-corrected chi connectivity index (χ4v) is 2.43. The van der Waals surface area contributed by atoms with E-state index in [1.807, 2.05) is 18.2 Å². The van der Waals surface area contributed by atoms with Gasteiger partial charge in [0.05, 0.1) is 12.4 Å². The maximum atomic E-state index is 11.4. The first-order valence-electron chi connectivity index (χ1n) is 5.79. The first kappa shape index (κ1) is 12.9. The molecule has 0 atom stereocenters. The monoisotopic (exact) mass is 261 g/mol. The van der Waals surface area contributed by atoms with Crippen molar-refractivity contribution in [3.8, 4) is 0 Å². The fourth-order valence-electron chi connectivity index (χ4n) is 1.65. The zero-order valence-electron chi connectivity index (χ0n) is 9.93. The van der Waals surface area contributed by atoms with E-state index in [1.54, 1.807) is 0 Å². The first-order valence-corrected chi connectivity index (χ1v) is 6.77. The summed E-state index contributed by atoms with van der Waals surface area (Å²) in [5, 5.41) is 13.6. The minimum Gasteiger partial charge on any atom is -0.395 e. The van der Waals surface area contributed by atoms with Crippen LogP contribution in [0.4, 0.5) is 0 Å². The molecule has 1 amide bonds. The van der Waals surface area contributed by atoms with Crippen molar-refractivity contribution in [3.63, 3.8) is 0 Å². The van der Waals surface area contributed by atoms with Crippen molar-refractivity contribution in [2.45, 2.75) is 4.90 Å². The highest BCUT2D eigenvalue weighted by molar-refractivity contribution is 8.00. The van der Waals surface area contributed by atoms with Crippen LogP contribution in [-0.2, 0) is 4.79 Å². The minimum atomic E-state index is -0.0535. The van der Waals surface area contributed by atoms with Gasteiger partial charge in [0.2, 0.25) is 5.91 Å². The predicted molar refractivity (Wildman–Crippen MR) is 74.8 cm³/mol. The van der Waals surface area contributed by atoms with Crippen LogP contribution in [0.2, 0.25) is 0 Å². The molecule has 0 saturated heterocycles. The van der Waals surface area contributed by atoms with E-state index in [0.29, 0.717) is 12.3 Å². The van der Waals surface area contributed by atoms with Crippen LogP contribution in [0, 0.1) is 0 Å². The number of benzene rings is 2. The van der Waals surface area contributed by atoms with Crippen molar-refractivity contribution >= 4 is 28.4 Å². The summed E-state index contributed by atoms with van der Waals surface area (Å²) < 4.78 is 0. The molecule has 3 nitrogen and oxygen atoms in total. The molecule has 2 N–H and O–H groups in total. The van der Waals surface area contributed by atoms with Crippen molar-refractivity contribution in [2.75, 3.05) is 18.9 Å². The molecule has 0 spiro atoms. The second kappa shape index (κ2) is 6.42. The van der Waals surface area contributed by atoms with Crippen molar-refractivity contribution in [2.24, 2.45) is 0 Å². The van der Waals surface area contributed by atoms with Crippen LogP contribution in [0.5, 0.6) is 0 Å². The van der Waals surface area contributed by atoms with Gasteiger partial charge in [-0.3, -0.25) is 4.79 Å². The number of thioether (sulfide) groups is 1. The Morgan fingerprint density at radius 2 is 1.94 bits per heavy atom. The van der Waals surface area contributed by atoms with Crippen LogP contribution in [0.1, 0.15) is 0 Å². The summed E-state index contributed by atoms with van der Waals surface area (Å²) in [6, 6.07) is 14.3. The van der Waals surface area contributed by atoms with Gasteiger partial charge >= 0.3 is 0 Å². The molecule has 4 heteroatoms. The fraction of sp³-hybridized carbons (Fsp3) is 0.214. The molecule has 2 aromatic rings. The first-order chi connectivity index (χ1) is 8.79. The van der Waals surface area contributed by atoms with Crippen LogP contribution in [0.25, 0.3) is 10.8 Å². The second-order valence-corrected chi connectivity index (χ2v) is 4.92. The lowest BCUT2D eigenvalue weighted by molar-refractivity contribution is -0.118. The number of carbonyl (C=O) groups is 1. The third-order valence-electron chi connectivity index (χ3n) is 2.52. The summed E-state index contributed by atoms with van der Waals surface area (Å²) in [4.78, 5) is 12.5. The van der Waals surface area contributed by atoms with Gasteiger partial charge in [0.25, 0.3) is 0 Å². The minimum absolute atomic E-state index is 0.0214. The molecule has 0 saturated carbocycles. The van der Waals surface area contributed by atoms with E-state index < -0.39 is 0 Å².